The van der Waals surface area contributed by atoms with Crippen LogP contribution in [0.3, 0.4) is 0 Å². The third kappa shape index (κ3) is 9.58. The van der Waals surface area contributed by atoms with Crippen molar-refractivity contribution in [3.8, 4) is 0 Å². The standard InChI is InChI=1S/C28H43N5O5S/c1-6-17(4)24(28(37)38)33-26(35)22(11-12-39-5)31-27(36)23(13-16(2)3)32-25(34)20(29)14-18-15-30-21-10-8-7-9-19(18)21/h7-10,15-17,20,22-24,30H,6,11-14,29H2,1-5H3,(H,31,36)(H,32,34)(H,33,35)(H,37,38). The topological polar surface area (TPSA) is 166 Å². The van der Waals surface area contributed by atoms with Crippen LogP contribution < -0.4 is 21.7 Å². The number of aromatic nitrogens is 1. The van der Waals surface area contributed by atoms with E-state index in [0.29, 0.717) is 25.0 Å². The molecule has 3 amide bonds. The number of carbonyl (C=O) groups is 4. The summed E-state index contributed by atoms with van der Waals surface area (Å²) in [6.07, 6.45) is 5.23. The number of nitrogens with two attached hydrogens (primary N) is 1. The maximum atomic E-state index is 13.3. The normalized spacial score (nSPS) is 15.3. The van der Waals surface area contributed by atoms with Gasteiger partial charge in [-0.3, -0.25) is 14.4 Å². The molecule has 0 spiro atoms. The number of aromatic amines is 1. The van der Waals surface area contributed by atoms with Crippen LogP contribution in [0.5, 0.6) is 0 Å². The van der Waals surface area contributed by atoms with E-state index in [1.165, 1.54) is 11.8 Å². The molecule has 2 rings (SSSR count). The number of rotatable bonds is 16. The lowest BCUT2D eigenvalue weighted by Gasteiger charge is -2.27. The number of hydrogen-bond acceptors (Lipinski definition) is 6. The Bertz CT molecular complexity index is 1120. The van der Waals surface area contributed by atoms with Crippen molar-refractivity contribution >= 4 is 46.4 Å². The van der Waals surface area contributed by atoms with Gasteiger partial charge in [-0.2, -0.15) is 11.8 Å². The van der Waals surface area contributed by atoms with Gasteiger partial charge in [0.15, 0.2) is 0 Å². The highest BCUT2D eigenvalue weighted by Gasteiger charge is 2.32. The Hall–Kier alpha value is -3.05. The van der Waals surface area contributed by atoms with Crippen molar-refractivity contribution in [2.75, 3.05) is 12.0 Å². The lowest BCUT2D eigenvalue weighted by Crippen LogP contribution is -2.58. The number of benzene rings is 1. The summed E-state index contributed by atoms with van der Waals surface area (Å²) >= 11 is 1.51. The minimum absolute atomic E-state index is 0.0751. The molecule has 0 fully saturated rings. The Morgan fingerprint density at radius 2 is 1.64 bits per heavy atom. The molecule has 10 nitrogen and oxygen atoms in total. The van der Waals surface area contributed by atoms with E-state index >= 15 is 0 Å². The van der Waals surface area contributed by atoms with Gasteiger partial charge in [-0.1, -0.05) is 52.3 Å². The van der Waals surface area contributed by atoms with Crippen molar-refractivity contribution in [2.24, 2.45) is 17.6 Å². The molecule has 39 heavy (non-hydrogen) atoms. The number of carboxylic acids is 1. The molecule has 5 atom stereocenters. The number of carboxylic acid groups (broad SMARTS) is 1. The van der Waals surface area contributed by atoms with Crippen molar-refractivity contribution < 1.29 is 24.3 Å². The van der Waals surface area contributed by atoms with Gasteiger partial charge in [0.2, 0.25) is 17.7 Å². The molecule has 7 N–H and O–H groups in total. The highest BCUT2D eigenvalue weighted by atomic mass is 32.2. The van der Waals surface area contributed by atoms with Gasteiger partial charge in [0, 0.05) is 17.1 Å². The van der Waals surface area contributed by atoms with Gasteiger partial charge in [-0.15, -0.1) is 0 Å². The zero-order valence-corrected chi connectivity index (χ0v) is 24.3. The number of fused-ring (bicyclic) bond motifs is 1. The summed E-state index contributed by atoms with van der Waals surface area (Å²) in [5.41, 5.74) is 8.09. The number of hydrogen-bond donors (Lipinski definition) is 6. The monoisotopic (exact) mass is 561 g/mol. The van der Waals surface area contributed by atoms with Crippen molar-refractivity contribution in [3.63, 3.8) is 0 Å². The molecule has 1 heterocycles. The van der Waals surface area contributed by atoms with Gasteiger partial charge in [0.25, 0.3) is 0 Å². The third-order valence-electron chi connectivity index (χ3n) is 6.81. The summed E-state index contributed by atoms with van der Waals surface area (Å²) in [6.45, 7) is 7.46. The zero-order chi connectivity index (χ0) is 29.1. The molecule has 5 unspecified atom stereocenters. The molecular formula is C28H43N5O5S. The Kier molecular flexibility index (Phi) is 12.8. The lowest BCUT2D eigenvalue weighted by atomic mass is 9.98. The molecule has 0 saturated carbocycles. The molecule has 0 radical (unpaired) electrons. The van der Waals surface area contributed by atoms with Crippen molar-refractivity contribution in [1.29, 1.82) is 0 Å². The minimum atomic E-state index is -1.12. The molecule has 2 aromatic rings. The van der Waals surface area contributed by atoms with E-state index in [1.54, 1.807) is 6.92 Å². The van der Waals surface area contributed by atoms with Crippen LogP contribution in [0.2, 0.25) is 0 Å². The number of aliphatic carboxylic acids is 1. The smallest absolute Gasteiger partial charge is 0.326 e. The van der Waals surface area contributed by atoms with Crippen LogP contribution in [0.25, 0.3) is 10.9 Å². The summed E-state index contributed by atoms with van der Waals surface area (Å²) < 4.78 is 0. The fraction of sp³-hybridized carbons (Fsp3) is 0.571. The van der Waals surface area contributed by atoms with Crippen molar-refractivity contribution in [3.05, 3.63) is 36.0 Å². The number of nitrogens with one attached hydrogen (secondary N) is 4. The van der Waals surface area contributed by atoms with Gasteiger partial charge in [0.05, 0.1) is 6.04 Å². The summed E-state index contributed by atoms with van der Waals surface area (Å²) in [5.74, 6) is -2.28. The first-order valence-corrected chi connectivity index (χ1v) is 14.8. The molecule has 0 bridgehead atoms. The average molecular weight is 562 g/mol. The van der Waals surface area contributed by atoms with E-state index in [9.17, 15) is 24.3 Å². The zero-order valence-electron chi connectivity index (χ0n) is 23.5. The summed E-state index contributed by atoms with van der Waals surface area (Å²) in [4.78, 5) is 54.4. The molecule has 1 aromatic carbocycles. The van der Waals surface area contributed by atoms with Crippen LogP contribution in [0.1, 0.15) is 52.5 Å². The number of carbonyl (C=O) groups excluding carboxylic acids is 3. The quantitative estimate of drug-likeness (QED) is 0.183. The van der Waals surface area contributed by atoms with E-state index in [2.05, 4.69) is 20.9 Å². The van der Waals surface area contributed by atoms with Gasteiger partial charge in [0.1, 0.15) is 18.1 Å². The Labute approximate surface area is 234 Å². The molecule has 0 aliphatic rings. The first kappa shape index (κ1) is 32.2. The molecule has 11 heteroatoms. The van der Waals surface area contributed by atoms with Crippen LogP contribution in [0.4, 0.5) is 0 Å². The molecule has 216 valence electrons. The van der Waals surface area contributed by atoms with E-state index < -0.39 is 47.9 Å². The maximum absolute atomic E-state index is 13.3. The largest absolute Gasteiger partial charge is 0.480 e. The van der Waals surface area contributed by atoms with Crippen LogP contribution in [0, 0.1) is 11.8 Å². The molecule has 1 aromatic heterocycles. The van der Waals surface area contributed by atoms with E-state index in [1.807, 2.05) is 57.5 Å². The fourth-order valence-electron chi connectivity index (χ4n) is 4.33. The van der Waals surface area contributed by atoms with Crippen LogP contribution in [-0.4, -0.2) is 70.0 Å². The Morgan fingerprint density at radius 1 is 1.00 bits per heavy atom. The van der Waals surface area contributed by atoms with Crippen LogP contribution in [0.15, 0.2) is 30.5 Å². The van der Waals surface area contributed by atoms with Crippen LogP contribution in [-0.2, 0) is 25.6 Å². The van der Waals surface area contributed by atoms with Crippen molar-refractivity contribution in [1.82, 2.24) is 20.9 Å². The lowest BCUT2D eigenvalue weighted by molar-refractivity contribution is -0.143. The van der Waals surface area contributed by atoms with Gasteiger partial charge in [-0.05, 0) is 54.7 Å². The van der Waals surface area contributed by atoms with E-state index in [-0.39, 0.29) is 18.3 Å². The number of thioether (sulfide) groups is 1. The average Bonchev–Trinajstić information content (AvgIpc) is 3.30. The minimum Gasteiger partial charge on any atom is -0.480 e. The summed E-state index contributed by atoms with van der Waals surface area (Å²) in [7, 11) is 0. The molecule has 0 saturated heterocycles. The molecular weight excluding hydrogens is 518 g/mol. The molecule has 0 aliphatic heterocycles. The second-order valence-corrected chi connectivity index (χ2v) is 11.4. The number of H-pyrrole nitrogens is 1. The third-order valence-corrected chi connectivity index (χ3v) is 7.46. The second-order valence-electron chi connectivity index (χ2n) is 10.4. The first-order valence-electron chi connectivity index (χ1n) is 13.4. The van der Waals surface area contributed by atoms with Crippen LogP contribution >= 0.6 is 11.8 Å². The Balaban J connectivity index is 2.13. The van der Waals surface area contributed by atoms with Gasteiger partial charge >= 0.3 is 5.97 Å². The number of para-hydroxylation sites is 1. The Morgan fingerprint density at radius 3 is 2.26 bits per heavy atom. The number of amides is 3. The van der Waals surface area contributed by atoms with Gasteiger partial charge in [-0.25, -0.2) is 4.79 Å². The summed E-state index contributed by atoms with van der Waals surface area (Å²) in [6, 6.07) is 3.94. The second kappa shape index (κ2) is 15.5. The predicted octanol–water partition coefficient (Wildman–Crippen LogP) is 2.42. The predicted molar refractivity (Wildman–Crippen MR) is 155 cm³/mol. The van der Waals surface area contributed by atoms with E-state index in [4.69, 9.17) is 5.73 Å². The summed E-state index contributed by atoms with van der Waals surface area (Å²) in [5, 5.41) is 18.7. The highest BCUT2D eigenvalue weighted by molar-refractivity contribution is 7.98. The fourth-order valence-corrected chi connectivity index (χ4v) is 4.80. The van der Waals surface area contributed by atoms with E-state index in [0.717, 1.165) is 16.5 Å². The molecule has 0 aliphatic carbocycles. The SMILES string of the molecule is CCC(C)C(NC(=O)C(CCSC)NC(=O)C(CC(C)C)NC(=O)C(N)Cc1c[nH]c2ccccc12)C(=O)O. The highest BCUT2D eigenvalue weighted by Crippen LogP contribution is 2.19. The maximum Gasteiger partial charge on any atom is 0.326 e. The first-order chi connectivity index (χ1) is 18.5. The van der Waals surface area contributed by atoms with Gasteiger partial charge < -0.3 is 31.8 Å². The van der Waals surface area contributed by atoms with Crippen molar-refractivity contribution in [2.45, 2.75) is 77.5 Å².